The Morgan fingerprint density at radius 1 is 0.931 bits per heavy atom. The molecule has 3 rings (SSSR count). The zero-order chi connectivity index (χ0) is 20.8. The van der Waals surface area contributed by atoms with E-state index in [0.717, 1.165) is 29.0 Å². The molecule has 2 aromatic carbocycles. The van der Waals surface area contributed by atoms with Gasteiger partial charge in [0.1, 0.15) is 22.2 Å². The SMILES string of the molecule is CCCOc1ccc(C=c2[nH]c(=O)c(=Cc3ccc(OC)cc3)n(C)c2=O)cc1. The number of hydrogen-bond donors (Lipinski definition) is 1. The molecule has 0 saturated carbocycles. The van der Waals surface area contributed by atoms with Gasteiger partial charge in [-0.05, 0) is 54.0 Å². The molecule has 3 aromatic rings. The number of aromatic nitrogens is 2. The van der Waals surface area contributed by atoms with E-state index in [4.69, 9.17) is 9.47 Å². The molecule has 29 heavy (non-hydrogen) atoms. The van der Waals surface area contributed by atoms with Crippen molar-refractivity contribution in [2.75, 3.05) is 13.7 Å². The summed E-state index contributed by atoms with van der Waals surface area (Å²) in [6, 6.07) is 14.6. The highest BCUT2D eigenvalue weighted by Gasteiger charge is 2.02. The maximum atomic E-state index is 12.7. The van der Waals surface area contributed by atoms with E-state index in [2.05, 4.69) is 4.98 Å². The zero-order valence-electron chi connectivity index (χ0n) is 16.8. The van der Waals surface area contributed by atoms with Crippen molar-refractivity contribution in [2.45, 2.75) is 13.3 Å². The first-order valence-electron chi connectivity index (χ1n) is 9.41. The summed E-state index contributed by atoms with van der Waals surface area (Å²) < 4.78 is 12.1. The molecule has 0 saturated heterocycles. The normalized spacial score (nSPS) is 12.2. The number of ether oxygens (including phenoxy) is 2. The van der Waals surface area contributed by atoms with E-state index in [-0.39, 0.29) is 21.8 Å². The molecule has 0 aliphatic rings. The van der Waals surface area contributed by atoms with Crippen molar-refractivity contribution >= 4 is 12.2 Å². The van der Waals surface area contributed by atoms with Crippen LogP contribution < -0.4 is 31.3 Å². The highest BCUT2D eigenvalue weighted by Crippen LogP contribution is 2.13. The number of methoxy groups -OCH3 is 1. The summed E-state index contributed by atoms with van der Waals surface area (Å²) in [6.07, 6.45) is 4.26. The summed E-state index contributed by atoms with van der Waals surface area (Å²) in [4.78, 5) is 28.0. The third kappa shape index (κ3) is 4.85. The van der Waals surface area contributed by atoms with Gasteiger partial charge in [0.05, 0.1) is 13.7 Å². The summed E-state index contributed by atoms with van der Waals surface area (Å²) in [5.41, 5.74) is 0.979. The minimum absolute atomic E-state index is 0.228. The van der Waals surface area contributed by atoms with Crippen molar-refractivity contribution in [1.82, 2.24) is 9.55 Å². The van der Waals surface area contributed by atoms with Gasteiger partial charge >= 0.3 is 0 Å². The lowest BCUT2D eigenvalue weighted by Gasteiger charge is -2.04. The highest BCUT2D eigenvalue weighted by atomic mass is 16.5. The molecule has 0 aliphatic heterocycles. The maximum absolute atomic E-state index is 12.7. The van der Waals surface area contributed by atoms with Gasteiger partial charge < -0.3 is 19.0 Å². The molecule has 0 amide bonds. The van der Waals surface area contributed by atoms with Crippen LogP contribution in [0.2, 0.25) is 0 Å². The monoisotopic (exact) mass is 392 g/mol. The Bertz CT molecular complexity index is 1200. The summed E-state index contributed by atoms with van der Waals surface area (Å²) in [5.74, 6) is 1.50. The van der Waals surface area contributed by atoms with Gasteiger partial charge in [-0.3, -0.25) is 9.59 Å². The van der Waals surface area contributed by atoms with Crippen LogP contribution >= 0.6 is 0 Å². The van der Waals surface area contributed by atoms with E-state index in [1.807, 2.05) is 43.3 Å². The number of nitrogens with one attached hydrogen (secondary N) is 1. The summed E-state index contributed by atoms with van der Waals surface area (Å²) in [5, 5.41) is 0.507. The van der Waals surface area contributed by atoms with Gasteiger partial charge in [-0.15, -0.1) is 0 Å². The predicted molar refractivity (Wildman–Crippen MR) is 114 cm³/mol. The molecule has 0 spiro atoms. The molecule has 1 heterocycles. The zero-order valence-corrected chi connectivity index (χ0v) is 16.8. The molecular weight excluding hydrogens is 368 g/mol. The molecule has 0 unspecified atom stereocenters. The molecule has 1 N–H and O–H groups in total. The molecule has 150 valence electrons. The summed E-state index contributed by atoms with van der Waals surface area (Å²) in [6.45, 7) is 2.70. The lowest BCUT2D eigenvalue weighted by Crippen LogP contribution is -2.52. The van der Waals surface area contributed by atoms with Crippen molar-refractivity contribution in [3.8, 4) is 11.5 Å². The van der Waals surface area contributed by atoms with E-state index in [9.17, 15) is 9.59 Å². The third-order valence-electron chi connectivity index (χ3n) is 4.46. The summed E-state index contributed by atoms with van der Waals surface area (Å²) in [7, 11) is 3.18. The smallest absolute Gasteiger partial charge is 0.274 e. The standard InChI is InChI=1S/C23H24N2O4/c1-4-13-29-19-11-7-16(8-12-19)14-20-23(27)25(2)21(22(26)24-20)15-17-5-9-18(28-3)10-6-17/h5-12,14-15H,4,13H2,1-3H3,(H,24,26). The van der Waals surface area contributed by atoms with Crippen LogP contribution in [0.3, 0.4) is 0 Å². The van der Waals surface area contributed by atoms with Gasteiger partial charge in [0, 0.05) is 7.05 Å². The van der Waals surface area contributed by atoms with Crippen molar-refractivity contribution in [3.63, 3.8) is 0 Å². The minimum Gasteiger partial charge on any atom is -0.497 e. The first-order valence-corrected chi connectivity index (χ1v) is 9.41. The molecule has 1 aromatic heterocycles. The van der Waals surface area contributed by atoms with E-state index >= 15 is 0 Å². The first-order chi connectivity index (χ1) is 14.0. The average molecular weight is 392 g/mol. The van der Waals surface area contributed by atoms with E-state index in [1.54, 1.807) is 38.4 Å². The average Bonchev–Trinajstić information content (AvgIpc) is 2.75. The second-order valence-corrected chi connectivity index (χ2v) is 6.60. The molecule has 0 bridgehead atoms. The third-order valence-corrected chi connectivity index (χ3v) is 4.46. The van der Waals surface area contributed by atoms with Crippen molar-refractivity contribution in [3.05, 3.63) is 91.1 Å². The van der Waals surface area contributed by atoms with Crippen LogP contribution in [0.4, 0.5) is 0 Å². The van der Waals surface area contributed by atoms with E-state index in [1.165, 1.54) is 4.57 Å². The van der Waals surface area contributed by atoms with Crippen LogP contribution in [0.1, 0.15) is 24.5 Å². The largest absolute Gasteiger partial charge is 0.497 e. The Morgan fingerprint density at radius 2 is 1.52 bits per heavy atom. The highest BCUT2D eigenvalue weighted by molar-refractivity contribution is 5.51. The van der Waals surface area contributed by atoms with Crippen LogP contribution in [0.5, 0.6) is 11.5 Å². The molecule has 0 aliphatic carbocycles. The van der Waals surface area contributed by atoms with Crippen molar-refractivity contribution in [2.24, 2.45) is 7.05 Å². The Kier molecular flexibility index (Phi) is 6.34. The van der Waals surface area contributed by atoms with Crippen LogP contribution in [-0.2, 0) is 7.05 Å². The lowest BCUT2D eigenvalue weighted by atomic mass is 10.2. The van der Waals surface area contributed by atoms with Crippen molar-refractivity contribution in [1.29, 1.82) is 0 Å². The van der Waals surface area contributed by atoms with Gasteiger partial charge in [-0.25, -0.2) is 0 Å². The number of H-pyrrole nitrogens is 1. The van der Waals surface area contributed by atoms with E-state index in [0.29, 0.717) is 6.61 Å². The second-order valence-electron chi connectivity index (χ2n) is 6.60. The van der Waals surface area contributed by atoms with Crippen molar-refractivity contribution < 1.29 is 9.47 Å². The number of rotatable bonds is 6. The Balaban J connectivity index is 2.00. The van der Waals surface area contributed by atoms with Crippen LogP contribution in [-0.4, -0.2) is 23.3 Å². The fraction of sp³-hybridized carbons (Fsp3) is 0.217. The van der Waals surface area contributed by atoms with Gasteiger partial charge in [-0.1, -0.05) is 31.2 Å². The topological polar surface area (TPSA) is 73.3 Å². The fourth-order valence-corrected chi connectivity index (χ4v) is 2.85. The Hall–Kier alpha value is -3.54. The van der Waals surface area contributed by atoms with Gasteiger partial charge in [0.25, 0.3) is 11.1 Å². The second kappa shape index (κ2) is 9.10. The van der Waals surface area contributed by atoms with Gasteiger partial charge in [0.2, 0.25) is 0 Å². The van der Waals surface area contributed by atoms with E-state index < -0.39 is 0 Å². The number of hydrogen-bond acceptors (Lipinski definition) is 4. The Morgan fingerprint density at radius 3 is 2.10 bits per heavy atom. The van der Waals surface area contributed by atoms with Gasteiger partial charge in [0.15, 0.2) is 0 Å². The quantitative estimate of drug-likeness (QED) is 0.691. The van der Waals surface area contributed by atoms with Crippen LogP contribution in [0, 0.1) is 0 Å². The van der Waals surface area contributed by atoms with Crippen LogP contribution in [0.15, 0.2) is 58.1 Å². The number of aromatic amines is 1. The molecule has 6 nitrogen and oxygen atoms in total. The first kappa shape index (κ1) is 20.2. The molecule has 0 atom stereocenters. The number of nitrogens with zero attached hydrogens (tertiary/aromatic N) is 1. The Labute approximate surface area is 168 Å². The lowest BCUT2D eigenvalue weighted by molar-refractivity contribution is 0.317. The molecule has 0 radical (unpaired) electrons. The number of benzene rings is 2. The summed E-state index contributed by atoms with van der Waals surface area (Å²) >= 11 is 0. The predicted octanol–water partition coefficient (Wildman–Crippen LogP) is 1.53. The van der Waals surface area contributed by atoms with Gasteiger partial charge in [-0.2, -0.15) is 0 Å². The molecule has 6 heteroatoms. The molecular formula is C23H24N2O4. The van der Waals surface area contributed by atoms with Crippen LogP contribution in [0.25, 0.3) is 12.2 Å². The minimum atomic E-state index is -0.336. The maximum Gasteiger partial charge on any atom is 0.274 e. The molecule has 0 fully saturated rings. The fourth-order valence-electron chi connectivity index (χ4n) is 2.85.